The molecule has 4 rings (SSSR count). The summed E-state index contributed by atoms with van der Waals surface area (Å²) < 4.78 is 10.5. The zero-order valence-electron chi connectivity index (χ0n) is 21.3. The molecule has 0 heterocycles. The monoisotopic (exact) mass is 566 g/mol. The zero-order valence-corrected chi connectivity index (χ0v) is 22.4. The summed E-state index contributed by atoms with van der Waals surface area (Å²) in [7, 11) is 0. The first-order valence-corrected chi connectivity index (χ1v) is 12.1. The van der Waals surface area contributed by atoms with Gasteiger partial charge >= 0.3 is 17.1 Å². The number of aliphatic hydroxyl groups is 2. The molecule has 0 bridgehead atoms. The Labute approximate surface area is 239 Å². The number of rotatable bonds is 10. The molecule has 0 amide bonds. The Hall–Kier alpha value is -4.00. The van der Waals surface area contributed by atoms with Crippen LogP contribution in [0.1, 0.15) is 11.1 Å². The minimum atomic E-state index is -0.00870. The van der Waals surface area contributed by atoms with Gasteiger partial charge in [-0.3, -0.25) is 0 Å². The molecule has 7 heteroatoms. The Kier molecular flexibility index (Phi) is 14.0. The van der Waals surface area contributed by atoms with Gasteiger partial charge in [-0.25, -0.2) is 0 Å². The molecule has 0 aromatic heterocycles. The maximum absolute atomic E-state index is 11.7. The summed E-state index contributed by atoms with van der Waals surface area (Å²) in [5.74, 6) is 1.39. The van der Waals surface area contributed by atoms with Crippen molar-refractivity contribution in [1.29, 1.82) is 0 Å². The minimum absolute atomic E-state index is 0. The molecule has 0 fully saturated rings. The molecule has 2 aromatic rings. The van der Waals surface area contributed by atoms with Crippen LogP contribution in [-0.4, -0.2) is 36.6 Å². The summed E-state index contributed by atoms with van der Waals surface area (Å²) in [6.07, 6.45) is 21.2. The first-order valence-electron chi connectivity index (χ1n) is 12.1. The fourth-order valence-corrected chi connectivity index (χ4v) is 3.29. The van der Waals surface area contributed by atoms with Crippen molar-refractivity contribution in [2.45, 2.75) is 0 Å². The van der Waals surface area contributed by atoms with Gasteiger partial charge in [0.25, 0.3) is 0 Å². The van der Waals surface area contributed by atoms with E-state index in [1.54, 1.807) is 48.6 Å². The van der Waals surface area contributed by atoms with Gasteiger partial charge in [-0.1, -0.05) is 97.2 Å². The molecular formula is C32H30FeO6. The molecule has 0 saturated heterocycles. The van der Waals surface area contributed by atoms with Gasteiger partial charge in [-0.15, -0.1) is 11.5 Å². The molecule has 0 unspecified atom stereocenters. The molecule has 2 aromatic carbocycles. The quantitative estimate of drug-likeness (QED) is 0.337. The van der Waals surface area contributed by atoms with E-state index >= 15 is 0 Å². The van der Waals surface area contributed by atoms with Gasteiger partial charge in [0.2, 0.25) is 0 Å². The topological polar surface area (TPSA) is 105 Å². The van der Waals surface area contributed by atoms with Crippen LogP contribution in [-0.2, 0) is 17.1 Å². The van der Waals surface area contributed by atoms with Gasteiger partial charge in [-0.05, 0) is 46.5 Å². The summed E-state index contributed by atoms with van der Waals surface area (Å²) in [4.78, 5) is 0. The van der Waals surface area contributed by atoms with E-state index in [0.29, 0.717) is 22.6 Å². The molecule has 2 aliphatic carbocycles. The third kappa shape index (κ3) is 11.1. The van der Waals surface area contributed by atoms with E-state index < -0.39 is 0 Å². The molecule has 39 heavy (non-hydrogen) atoms. The predicted molar refractivity (Wildman–Crippen MR) is 147 cm³/mol. The van der Waals surface area contributed by atoms with Crippen LogP contribution in [0.15, 0.2) is 132 Å². The van der Waals surface area contributed by atoms with E-state index in [4.69, 9.17) is 19.7 Å². The Morgan fingerprint density at radius 3 is 1.23 bits per heavy atom. The average molecular weight is 566 g/mol. The second kappa shape index (κ2) is 17.5. The Bertz CT molecular complexity index is 1150. The molecule has 6 nitrogen and oxygen atoms in total. The summed E-state index contributed by atoms with van der Waals surface area (Å²) in [6, 6.07) is 14.7. The normalized spacial score (nSPS) is 13.1. The largest absolute Gasteiger partial charge is 2.00 e. The average Bonchev–Trinajstić information content (AvgIpc) is 3.69. The molecule has 0 saturated carbocycles. The number of hydrogen-bond donors (Lipinski definition) is 2. The molecule has 2 aliphatic rings. The standard InChI is InChI=1S/2C16H16O3.Fe/c2*17-11-12-19-15-8-5-13(6-9-15)7-10-16(18)14-3-1-2-4-14;/h2*1-10,17-18H,11-12H2;/q;;+2/p-2. The fraction of sp³-hybridized carbons (Fsp3) is 0.125. The first kappa shape index (κ1) is 31.2. The first-order chi connectivity index (χ1) is 18.6. The molecular weight excluding hydrogens is 536 g/mol. The van der Waals surface area contributed by atoms with Gasteiger partial charge in [0.05, 0.1) is 13.2 Å². The maximum atomic E-state index is 11.7. The van der Waals surface area contributed by atoms with E-state index in [1.165, 1.54) is 0 Å². The van der Waals surface area contributed by atoms with Crippen LogP contribution in [0.5, 0.6) is 11.5 Å². The fourth-order valence-electron chi connectivity index (χ4n) is 3.29. The third-order valence-corrected chi connectivity index (χ3v) is 5.23. The summed E-state index contributed by atoms with van der Waals surface area (Å²) >= 11 is 0. The van der Waals surface area contributed by atoms with Crippen molar-refractivity contribution < 1.29 is 47.0 Å². The molecule has 0 aliphatic heterocycles. The van der Waals surface area contributed by atoms with Crippen molar-refractivity contribution in [3.8, 4) is 11.5 Å². The van der Waals surface area contributed by atoms with Crippen LogP contribution in [0, 0.1) is 0 Å². The van der Waals surface area contributed by atoms with Crippen LogP contribution in [0.2, 0.25) is 0 Å². The van der Waals surface area contributed by atoms with Crippen molar-refractivity contribution in [3.63, 3.8) is 0 Å². The third-order valence-electron chi connectivity index (χ3n) is 5.23. The summed E-state index contributed by atoms with van der Waals surface area (Å²) in [5.41, 5.74) is 3.24. The zero-order chi connectivity index (χ0) is 27.0. The van der Waals surface area contributed by atoms with E-state index in [9.17, 15) is 10.2 Å². The van der Waals surface area contributed by atoms with Gasteiger partial charge < -0.3 is 29.9 Å². The van der Waals surface area contributed by atoms with Crippen LogP contribution in [0.4, 0.5) is 0 Å². The van der Waals surface area contributed by atoms with Crippen molar-refractivity contribution in [2.24, 2.45) is 0 Å². The SMILES string of the molecule is [Fe+2].[O-]C(C=Cc1ccc(OCCO)cc1)=C1C=CC=C1.[O-]C(C=Cc1ccc(OCCO)cc1)=C1C=CC=C1. The van der Waals surface area contributed by atoms with Crippen LogP contribution >= 0.6 is 0 Å². The van der Waals surface area contributed by atoms with E-state index in [-0.39, 0.29) is 55.0 Å². The molecule has 0 atom stereocenters. The van der Waals surface area contributed by atoms with Crippen molar-refractivity contribution in [2.75, 3.05) is 26.4 Å². The van der Waals surface area contributed by atoms with Crippen LogP contribution in [0.3, 0.4) is 0 Å². The summed E-state index contributed by atoms with van der Waals surface area (Å²) in [6.45, 7) is 0.556. The Morgan fingerprint density at radius 2 is 0.923 bits per heavy atom. The second-order valence-corrected chi connectivity index (χ2v) is 8.02. The van der Waals surface area contributed by atoms with E-state index in [1.807, 2.05) is 72.8 Å². The number of hydrogen-bond acceptors (Lipinski definition) is 6. The van der Waals surface area contributed by atoms with Crippen LogP contribution < -0.4 is 19.7 Å². The number of aliphatic hydroxyl groups excluding tert-OH is 2. The Morgan fingerprint density at radius 1 is 0.590 bits per heavy atom. The Balaban J connectivity index is 0.000000267. The van der Waals surface area contributed by atoms with Gasteiger partial charge in [-0.2, -0.15) is 0 Å². The van der Waals surface area contributed by atoms with Gasteiger partial charge in [0.1, 0.15) is 24.7 Å². The van der Waals surface area contributed by atoms with Crippen molar-refractivity contribution >= 4 is 12.2 Å². The minimum Gasteiger partial charge on any atom is -0.872 e. The molecule has 202 valence electrons. The molecule has 0 spiro atoms. The van der Waals surface area contributed by atoms with Crippen LogP contribution in [0.25, 0.3) is 12.2 Å². The number of benzene rings is 2. The smallest absolute Gasteiger partial charge is 0.872 e. The molecule has 2 N–H and O–H groups in total. The maximum Gasteiger partial charge on any atom is 2.00 e. The number of ether oxygens (including phenoxy) is 2. The van der Waals surface area contributed by atoms with Crippen molar-refractivity contribution in [1.82, 2.24) is 0 Å². The van der Waals surface area contributed by atoms with Crippen molar-refractivity contribution in [3.05, 3.63) is 143 Å². The van der Waals surface area contributed by atoms with E-state index in [0.717, 1.165) is 11.1 Å². The molecule has 0 radical (unpaired) electrons. The van der Waals surface area contributed by atoms with Gasteiger partial charge in [0, 0.05) is 0 Å². The van der Waals surface area contributed by atoms with Gasteiger partial charge in [0.15, 0.2) is 0 Å². The predicted octanol–water partition coefficient (Wildman–Crippen LogP) is 3.62. The van der Waals surface area contributed by atoms with E-state index in [2.05, 4.69) is 0 Å². The summed E-state index contributed by atoms with van der Waals surface area (Å²) in [5, 5.41) is 40.8. The second-order valence-electron chi connectivity index (χ2n) is 8.02. The number of allylic oxidation sites excluding steroid dienone is 12.